The number of hydrogen-bond donors (Lipinski definition) is 1. The zero-order chi connectivity index (χ0) is 14.3. The Balaban J connectivity index is 2.34. The first kappa shape index (κ1) is 13.4. The molecular weight excluding hydrogens is 391 g/mol. The third kappa shape index (κ3) is 2.16. The fourth-order valence-electron chi connectivity index (χ4n) is 2.10. The van der Waals surface area contributed by atoms with Crippen LogP contribution in [0.4, 0.5) is 0 Å². The maximum atomic E-state index is 11.4. The molecule has 0 fully saturated rings. The number of nitrogens with zero attached hydrogens (tertiary/aromatic N) is 2. The molecule has 100 valence electrons. The van der Waals surface area contributed by atoms with Crippen LogP contribution in [-0.2, 0) is 0 Å². The van der Waals surface area contributed by atoms with Gasteiger partial charge in [-0.1, -0.05) is 17.7 Å². The molecule has 1 N–H and O–H groups in total. The largest absolute Gasteiger partial charge is 0.478 e. The molecule has 0 saturated heterocycles. The summed E-state index contributed by atoms with van der Waals surface area (Å²) in [4.78, 5) is 15.6. The van der Waals surface area contributed by atoms with E-state index in [4.69, 9.17) is 11.6 Å². The summed E-state index contributed by atoms with van der Waals surface area (Å²) < 4.78 is 2.72. The average molecular weight is 399 g/mol. The Kier molecular flexibility index (Phi) is 3.39. The standard InChI is InChI=1S/C14H8ClIN2O2/c15-10-6-8(16)4-5-12(10)18-7-17-11-3-1-2-9(13(11)18)14(19)20/h1-7H,(H,19,20). The summed E-state index contributed by atoms with van der Waals surface area (Å²) in [7, 11) is 0. The van der Waals surface area contributed by atoms with Crippen molar-refractivity contribution in [2.24, 2.45) is 0 Å². The summed E-state index contributed by atoms with van der Waals surface area (Å²) in [5.41, 5.74) is 2.08. The minimum absolute atomic E-state index is 0.203. The Morgan fingerprint density at radius 1 is 1.30 bits per heavy atom. The molecule has 0 unspecified atom stereocenters. The van der Waals surface area contributed by atoms with Gasteiger partial charge < -0.3 is 5.11 Å². The molecule has 0 atom stereocenters. The molecule has 0 aliphatic rings. The number of aromatic carboxylic acids is 1. The highest BCUT2D eigenvalue weighted by molar-refractivity contribution is 14.1. The molecule has 1 aromatic heterocycles. The van der Waals surface area contributed by atoms with Crippen molar-refractivity contribution in [3.05, 3.63) is 56.9 Å². The van der Waals surface area contributed by atoms with Crippen molar-refractivity contribution in [2.45, 2.75) is 0 Å². The second-order valence-electron chi connectivity index (χ2n) is 4.19. The molecule has 2 aromatic carbocycles. The molecule has 0 amide bonds. The first-order valence-electron chi connectivity index (χ1n) is 5.72. The highest BCUT2D eigenvalue weighted by atomic mass is 127. The van der Waals surface area contributed by atoms with Crippen LogP contribution in [0.1, 0.15) is 10.4 Å². The number of carboxylic acids is 1. The van der Waals surface area contributed by atoms with E-state index in [9.17, 15) is 9.90 Å². The molecule has 0 aliphatic heterocycles. The number of para-hydroxylation sites is 1. The van der Waals surface area contributed by atoms with Gasteiger partial charge in [-0.2, -0.15) is 0 Å². The van der Waals surface area contributed by atoms with Crippen LogP contribution in [0.2, 0.25) is 5.02 Å². The lowest BCUT2D eigenvalue weighted by atomic mass is 10.2. The van der Waals surface area contributed by atoms with Gasteiger partial charge in [0.1, 0.15) is 6.33 Å². The Bertz CT molecular complexity index is 829. The molecule has 0 aliphatic carbocycles. The second-order valence-corrected chi connectivity index (χ2v) is 5.84. The van der Waals surface area contributed by atoms with E-state index in [1.165, 1.54) is 0 Å². The minimum atomic E-state index is -0.987. The fourth-order valence-corrected chi connectivity index (χ4v) is 3.05. The first-order chi connectivity index (χ1) is 9.58. The van der Waals surface area contributed by atoms with E-state index in [2.05, 4.69) is 27.6 Å². The van der Waals surface area contributed by atoms with Crippen LogP contribution in [0.15, 0.2) is 42.7 Å². The third-order valence-electron chi connectivity index (χ3n) is 2.97. The Labute approximate surface area is 133 Å². The van der Waals surface area contributed by atoms with E-state index >= 15 is 0 Å². The van der Waals surface area contributed by atoms with E-state index in [0.29, 0.717) is 21.7 Å². The van der Waals surface area contributed by atoms with Crippen LogP contribution < -0.4 is 0 Å². The molecule has 20 heavy (non-hydrogen) atoms. The summed E-state index contributed by atoms with van der Waals surface area (Å²) in [5.74, 6) is -0.987. The van der Waals surface area contributed by atoms with Gasteiger partial charge in [-0.25, -0.2) is 9.78 Å². The minimum Gasteiger partial charge on any atom is -0.478 e. The van der Waals surface area contributed by atoms with E-state index in [-0.39, 0.29) is 5.56 Å². The van der Waals surface area contributed by atoms with Crippen molar-refractivity contribution in [1.29, 1.82) is 0 Å². The predicted molar refractivity (Wildman–Crippen MR) is 85.8 cm³/mol. The van der Waals surface area contributed by atoms with E-state index in [0.717, 1.165) is 3.57 Å². The number of carboxylic acid groups (broad SMARTS) is 1. The van der Waals surface area contributed by atoms with Crippen molar-refractivity contribution in [1.82, 2.24) is 9.55 Å². The Hall–Kier alpha value is -1.60. The third-order valence-corrected chi connectivity index (χ3v) is 3.94. The van der Waals surface area contributed by atoms with Gasteiger partial charge in [0.05, 0.1) is 27.3 Å². The number of imidazole rings is 1. The number of aromatic nitrogens is 2. The molecule has 0 spiro atoms. The number of benzene rings is 2. The molecule has 0 saturated carbocycles. The predicted octanol–water partition coefficient (Wildman–Crippen LogP) is 3.98. The normalized spacial score (nSPS) is 10.9. The van der Waals surface area contributed by atoms with Crippen LogP contribution in [0.3, 0.4) is 0 Å². The van der Waals surface area contributed by atoms with Gasteiger partial charge in [0.2, 0.25) is 0 Å². The van der Waals surface area contributed by atoms with Gasteiger partial charge in [0.25, 0.3) is 0 Å². The molecule has 0 radical (unpaired) electrons. The molecule has 3 rings (SSSR count). The maximum Gasteiger partial charge on any atom is 0.337 e. The topological polar surface area (TPSA) is 55.1 Å². The van der Waals surface area contributed by atoms with Gasteiger partial charge in [0, 0.05) is 3.57 Å². The Morgan fingerprint density at radius 2 is 2.10 bits per heavy atom. The monoisotopic (exact) mass is 398 g/mol. The Morgan fingerprint density at radius 3 is 2.80 bits per heavy atom. The number of fused-ring (bicyclic) bond motifs is 1. The smallest absolute Gasteiger partial charge is 0.337 e. The zero-order valence-corrected chi connectivity index (χ0v) is 13.0. The summed E-state index contributed by atoms with van der Waals surface area (Å²) in [6, 6.07) is 10.6. The SMILES string of the molecule is O=C(O)c1cccc2ncn(-c3ccc(I)cc3Cl)c12. The van der Waals surface area contributed by atoms with E-state index in [1.54, 1.807) is 29.1 Å². The van der Waals surface area contributed by atoms with Crippen molar-refractivity contribution in [3.8, 4) is 5.69 Å². The van der Waals surface area contributed by atoms with Crippen molar-refractivity contribution >= 4 is 51.2 Å². The summed E-state index contributed by atoms with van der Waals surface area (Å²) in [5, 5.41) is 9.86. The lowest BCUT2D eigenvalue weighted by Crippen LogP contribution is -2.02. The molecular formula is C14H8ClIN2O2. The van der Waals surface area contributed by atoms with Crippen LogP contribution in [0.25, 0.3) is 16.7 Å². The molecule has 0 bridgehead atoms. The van der Waals surface area contributed by atoms with Crippen molar-refractivity contribution in [3.63, 3.8) is 0 Å². The van der Waals surface area contributed by atoms with Crippen molar-refractivity contribution < 1.29 is 9.90 Å². The summed E-state index contributed by atoms with van der Waals surface area (Å²) in [6.07, 6.45) is 1.59. The molecule has 6 heteroatoms. The zero-order valence-electron chi connectivity index (χ0n) is 10.0. The quantitative estimate of drug-likeness (QED) is 0.664. The number of rotatable bonds is 2. The van der Waals surface area contributed by atoms with Gasteiger partial charge in [-0.05, 0) is 52.9 Å². The molecule has 1 heterocycles. The molecule has 4 nitrogen and oxygen atoms in total. The van der Waals surface area contributed by atoms with Crippen LogP contribution in [0, 0.1) is 3.57 Å². The van der Waals surface area contributed by atoms with Gasteiger partial charge in [-0.15, -0.1) is 0 Å². The summed E-state index contributed by atoms with van der Waals surface area (Å²) >= 11 is 8.42. The highest BCUT2D eigenvalue weighted by Crippen LogP contribution is 2.27. The number of hydrogen-bond acceptors (Lipinski definition) is 2. The van der Waals surface area contributed by atoms with E-state index in [1.807, 2.05) is 18.2 Å². The lowest BCUT2D eigenvalue weighted by Gasteiger charge is -2.08. The van der Waals surface area contributed by atoms with Crippen LogP contribution in [-0.4, -0.2) is 20.6 Å². The van der Waals surface area contributed by atoms with Gasteiger partial charge >= 0.3 is 5.97 Å². The van der Waals surface area contributed by atoms with Gasteiger partial charge in [0.15, 0.2) is 0 Å². The fraction of sp³-hybridized carbons (Fsp3) is 0. The average Bonchev–Trinajstić information content (AvgIpc) is 2.82. The van der Waals surface area contributed by atoms with Crippen molar-refractivity contribution in [2.75, 3.05) is 0 Å². The van der Waals surface area contributed by atoms with Gasteiger partial charge in [-0.3, -0.25) is 4.57 Å². The second kappa shape index (κ2) is 5.06. The van der Waals surface area contributed by atoms with E-state index < -0.39 is 5.97 Å². The highest BCUT2D eigenvalue weighted by Gasteiger charge is 2.15. The van der Waals surface area contributed by atoms with Crippen LogP contribution in [0.5, 0.6) is 0 Å². The molecule has 3 aromatic rings. The number of halogens is 2. The first-order valence-corrected chi connectivity index (χ1v) is 7.18. The number of carbonyl (C=O) groups is 1. The van der Waals surface area contributed by atoms with Crippen LogP contribution >= 0.6 is 34.2 Å². The lowest BCUT2D eigenvalue weighted by molar-refractivity contribution is 0.0698. The summed E-state index contributed by atoms with van der Waals surface area (Å²) in [6.45, 7) is 0. The maximum absolute atomic E-state index is 11.4.